The molecule has 2 aromatic carbocycles. The van der Waals surface area contributed by atoms with E-state index in [0.29, 0.717) is 0 Å². The second-order valence-corrected chi connectivity index (χ2v) is 3.58. The lowest BCUT2D eigenvalue weighted by atomic mass is 10.0. The highest BCUT2D eigenvalue weighted by atomic mass is 16.5. The molecular weight excluding hydrogens is 184 g/mol. The molecule has 1 atom stereocenters. The highest BCUT2D eigenvalue weighted by Gasteiger charge is 2.08. The highest BCUT2D eigenvalue weighted by Crippen LogP contribution is 2.25. The molecule has 0 aliphatic heterocycles. The van der Waals surface area contributed by atoms with Crippen molar-refractivity contribution in [1.82, 2.24) is 0 Å². The number of hydrogen-bond acceptors (Lipinski definition) is 1. The van der Waals surface area contributed by atoms with E-state index in [1.54, 1.807) is 0 Å². The van der Waals surface area contributed by atoms with Gasteiger partial charge in [-0.25, -0.2) is 0 Å². The van der Waals surface area contributed by atoms with Crippen LogP contribution in [0.2, 0.25) is 0 Å². The quantitative estimate of drug-likeness (QED) is 0.731. The van der Waals surface area contributed by atoms with Gasteiger partial charge in [-0.15, -0.1) is 0 Å². The first-order chi connectivity index (χ1) is 7.33. The van der Waals surface area contributed by atoms with Gasteiger partial charge in [-0.3, -0.25) is 0 Å². The topological polar surface area (TPSA) is 9.23 Å². The van der Waals surface area contributed by atoms with E-state index in [-0.39, 0.29) is 6.10 Å². The Labute approximate surface area is 90.7 Å². The van der Waals surface area contributed by atoms with Crippen molar-refractivity contribution in [2.45, 2.75) is 20.0 Å². The number of rotatable bonds is 3. The largest absolute Gasteiger partial charge is 0.374 e. The molecule has 0 aliphatic carbocycles. The Bertz CT molecular complexity index is 443. The molecule has 0 aromatic heterocycles. The predicted octanol–water partition coefficient (Wildman–Crippen LogP) is 3.74. The summed E-state index contributed by atoms with van der Waals surface area (Å²) in [7, 11) is 0. The molecule has 0 N–H and O–H groups in total. The molecule has 0 bridgehead atoms. The summed E-state index contributed by atoms with van der Waals surface area (Å²) in [4.78, 5) is 0. The molecule has 0 aliphatic rings. The van der Waals surface area contributed by atoms with Crippen molar-refractivity contribution in [3.63, 3.8) is 0 Å². The molecule has 77 valence electrons. The lowest BCUT2D eigenvalue weighted by molar-refractivity contribution is 0.0772. The van der Waals surface area contributed by atoms with Gasteiger partial charge in [0, 0.05) is 6.61 Å². The lowest BCUT2D eigenvalue weighted by Gasteiger charge is -2.14. The Balaban J connectivity index is 2.50. The van der Waals surface area contributed by atoms with Gasteiger partial charge in [0.1, 0.15) is 0 Å². The van der Waals surface area contributed by atoms with Crippen LogP contribution in [0.1, 0.15) is 25.5 Å². The fourth-order valence-electron chi connectivity index (χ4n) is 1.86. The fourth-order valence-corrected chi connectivity index (χ4v) is 1.86. The second kappa shape index (κ2) is 4.45. The molecule has 1 unspecified atom stereocenters. The molecule has 2 rings (SSSR count). The Morgan fingerprint density at radius 1 is 1.27 bits per heavy atom. The molecule has 1 nitrogen and oxygen atoms in total. The van der Waals surface area contributed by atoms with Gasteiger partial charge in [0.05, 0.1) is 6.10 Å². The van der Waals surface area contributed by atoms with E-state index in [0.717, 1.165) is 12.2 Å². The van der Waals surface area contributed by atoms with Crippen LogP contribution in [0, 0.1) is 6.07 Å². The van der Waals surface area contributed by atoms with Crippen LogP contribution in [0.15, 0.2) is 36.4 Å². The van der Waals surface area contributed by atoms with Crippen molar-refractivity contribution in [3.8, 4) is 0 Å². The minimum Gasteiger partial charge on any atom is -0.374 e. The van der Waals surface area contributed by atoms with Crippen LogP contribution >= 0.6 is 0 Å². The van der Waals surface area contributed by atoms with Crippen LogP contribution in [0.3, 0.4) is 0 Å². The molecule has 0 saturated carbocycles. The Morgan fingerprint density at radius 3 is 2.87 bits per heavy atom. The zero-order chi connectivity index (χ0) is 10.7. The Hall–Kier alpha value is -1.34. The van der Waals surface area contributed by atoms with E-state index in [1.165, 1.54) is 10.8 Å². The maximum absolute atomic E-state index is 5.60. The molecular formula is C14H15O. The number of fused-ring (bicyclic) bond motifs is 1. The molecule has 0 spiro atoms. The predicted molar refractivity (Wildman–Crippen MR) is 62.8 cm³/mol. The van der Waals surface area contributed by atoms with Gasteiger partial charge in [-0.1, -0.05) is 36.4 Å². The summed E-state index contributed by atoms with van der Waals surface area (Å²) in [5.41, 5.74) is 1.15. The van der Waals surface area contributed by atoms with E-state index < -0.39 is 0 Å². The Morgan fingerprint density at radius 2 is 2.07 bits per heavy atom. The van der Waals surface area contributed by atoms with Crippen molar-refractivity contribution in [2.24, 2.45) is 0 Å². The molecule has 0 amide bonds. The third-order valence-electron chi connectivity index (χ3n) is 2.58. The first kappa shape index (κ1) is 10.2. The maximum atomic E-state index is 5.60. The first-order valence-corrected chi connectivity index (χ1v) is 5.34. The number of benzene rings is 2. The Kier molecular flexibility index (Phi) is 3.02. The first-order valence-electron chi connectivity index (χ1n) is 5.34. The fraction of sp³-hybridized carbons (Fsp3) is 0.286. The zero-order valence-corrected chi connectivity index (χ0v) is 9.16. The van der Waals surface area contributed by atoms with E-state index in [2.05, 4.69) is 43.3 Å². The van der Waals surface area contributed by atoms with Crippen molar-refractivity contribution in [1.29, 1.82) is 0 Å². The van der Waals surface area contributed by atoms with Crippen LogP contribution < -0.4 is 0 Å². The maximum Gasteiger partial charge on any atom is 0.0808 e. The third-order valence-corrected chi connectivity index (χ3v) is 2.58. The van der Waals surface area contributed by atoms with E-state index in [1.807, 2.05) is 13.0 Å². The molecule has 0 saturated heterocycles. The molecule has 1 radical (unpaired) electrons. The summed E-state index contributed by atoms with van der Waals surface area (Å²) in [6.07, 6.45) is 0.112. The average Bonchev–Trinajstić information content (AvgIpc) is 2.28. The summed E-state index contributed by atoms with van der Waals surface area (Å²) < 4.78 is 5.60. The third kappa shape index (κ3) is 2.02. The molecule has 0 heterocycles. The summed E-state index contributed by atoms with van der Waals surface area (Å²) in [5, 5.41) is 2.48. The summed E-state index contributed by atoms with van der Waals surface area (Å²) in [5.74, 6) is 0. The second-order valence-electron chi connectivity index (χ2n) is 3.58. The molecule has 15 heavy (non-hydrogen) atoms. The van der Waals surface area contributed by atoms with Gasteiger partial charge in [0.2, 0.25) is 0 Å². The summed E-state index contributed by atoms with van der Waals surface area (Å²) in [6, 6.07) is 15.7. The van der Waals surface area contributed by atoms with E-state index in [4.69, 9.17) is 4.74 Å². The standard InChI is InChI=1S/C14H15O/c1-3-15-11(2)13-10-6-8-12-7-4-5-9-14(12)13/h4-9,11H,3H2,1-2H3. The van der Waals surface area contributed by atoms with Gasteiger partial charge in [-0.05, 0) is 36.2 Å². The number of hydrogen-bond donors (Lipinski definition) is 0. The van der Waals surface area contributed by atoms with E-state index in [9.17, 15) is 0 Å². The van der Waals surface area contributed by atoms with E-state index >= 15 is 0 Å². The smallest absolute Gasteiger partial charge is 0.0808 e. The van der Waals surface area contributed by atoms with Gasteiger partial charge < -0.3 is 4.74 Å². The highest BCUT2D eigenvalue weighted by molar-refractivity contribution is 5.85. The lowest BCUT2D eigenvalue weighted by Crippen LogP contribution is -2.00. The van der Waals surface area contributed by atoms with Crippen LogP contribution in [-0.4, -0.2) is 6.61 Å². The van der Waals surface area contributed by atoms with Gasteiger partial charge >= 0.3 is 0 Å². The van der Waals surface area contributed by atoms with Crippen molar-refractivity contribution in [3.05, 3.63) is 48.0 Å². The van der Waals surface area contributed by atoms with Crippen LogP contribution in [0.4, 0.5) is 0 Å². The monoisotopic (exact) mass is 199 g/mol. The van der Waals surface area contributed by atoms with Gasteiger partial charge in [0.25, 0.3) is 0 Å². The minimum absolute atomic E-state index is 0.112. The van der Waals surface area contributed by atoms with Gasteiger partial charge in [-0.2, -0.15) is 0 Å². The van der Waals surface area contributed by atoms with Crippen LogP contribution in [0.25, 0.3) is 10.8 Å². The molecule has 2 aromatic rings. The zero-order valence-electron chi connectivity index (χ0n) is 9.16. The molecule has 0 fully saturated rings. The van der Waals surface area contributed by atoms with Crippen LogP contribution in [0.5, 0.6) is 0 Å². The van der Waals surface area contributed by atoms with Crippen molar-refractivity contribution in [2.75, 3.05) is 6.61 Å². The average molecular weight is 199 g/mol. The SMILES string of the molecule is CCOC(C)c1[c]ccc2ccccc12. The minimum atomic E-state index is 0.112. The summed E-state index contributed by atoms with van der Waals surface area (Å²) >= 11 is 0. The van der Waals surface area contributed by atoms with Crippen molar-refractivity contribution >= 4 is 10.8 Å². The number of ether oxygens (including phenoxy) is 1. The summed E-state index contributed by atoms with van der Waals surface area (Å²) in [6.45, 7) is 4.82. The van der Waals surface area contributed by atoms with Gasteiger partial charge in [0.15, 0.2) is 0 Å². The van der Waals surface area contributed by atoms with Crippen molar-refractivity contribution < 1.29 is 4.74 Å². The van der Waals surface area contributed by atoms with Crippen LogP contribution in [-0.2, 0) is 4.74 Å². The normalized spacial score (nSPS) is 12.9. The molecule has 1 heteroatoms.